The van der Waals surface area contributed by atoms with E-state index in [2.05, 4.69) is 27.7 Å². The molecule has 86 valence electrons. The van der Waals surface area contributed by atoms with E-state index >= 15 is 0 Å². The summed E-state index contributed by atoms with van der Waals surface area (Å²) in [5.41, 5.74) is 0.399. The lowest BCUT2D eigenvalue weighted by Crippen LogP contribution is -2.45. The van der Waals surface area contributed by atoms with E-state index in [0.29, 0.717) is 17.1 Å². The third-order valence-electron chi connectivity index (χ3n) is 4.90. The van der Waals surface area contributed by atoms with Gasteiger partial charge in [-0.05, 0) is 36.5 Å². The van der Waals surface area contributed by atoms with Crippen LogP contribution in [-0.2, 0) is 4.79 Å². The highest BCUT2D eigenvalue weighted by Gasteiger charge is 2.48. The Morgan fingerprint density at radius 2 is 1.87 bits per heavy atom. The average molecular weight is 208 g/mol. The zero-order valence-electron chi connectivity index (χ0n) is 10.6. The second kappa shape index (κ2) is 3.33. The van der Waals surface area contributed by atoms with Gasteiger partial charge in [0.05, 0.1) is 0 Å². The maximum atomic E-state index is 12.0. The number of fused-ring (bicyclic) bond motifs is 1. The van der Waals surface area contributed by atoms with Crippen molar-refractivity contribution in [1.29, 1.82) is 0 Å². The Kier molecular flexibility index (Phi) is 2.48. The lowest BCUT2D eigenvalue weighted by atomic mass is 9.54. The first-order valence-electron chi connectivity index (χ1n) is 6.36. The van der Waals surface area contributed by atoms with Crippen LogP contribution in [-0.4, -0.2) is 5.78 Å². The number of ketones is 1. The van der Waals surface area contributed by atoms with Crippen molar-refractivity contribution in [2.45, 2.75) is 59.8 Å². The topological polar surface area (TPSA) is 17.1 Å². The molecular weight excluding hydrogens is 184 g/mol. The summed E-state index contributed by atoms with van der Waals surface area (Å²) in [5, 5.41) is 0. The summed E-state index contributed by atoms with van der Waals surface area (Å²) in [6.45, 7) is 9.07. The van der Waals surface area contributed by atoms with E-state index in [1.165, 1.54) is 19.3 Å². The molecule has 2 fully saturated rings. The number of hydrogen-bond donors (Lipinski definition) is 0. The van der Waals surface area contributed by atoms with Gasteiger partial charge in [0.2, 0.25) is 0 Å². The molecule has 0 aromatic carbocycles. The maximum absolute atomic E-state index is 12.0. The third kappa shape index (κ3) is 1.86. The molecule has 1 nitrogen and oxygen atoms in total. The van der Waals surface area contributed by atoms with Gasteiger partial charge < -0.3 is 0 Å². The largest absolute Gasteiger partial charge is 0.299 e. The molecule has 0 bridgehead atoms. The molecule has 2 saturated carbocycles. The smallest absolute Gasteiger partial charge is 0.138 e. The van der Waals surface area contributed by atoms with Gasteiger partial charge in [-0.25, -0.2) is 0 Å². The lowest BCUT2D eigenvalue weighted by molar-refractivity contribution is -0.137. The third-order valence-corrected chi connectivity index (χ3v) is 4.90. The van der Waals surface area contributed by atoms with Crippen LogP contribution in [0, 0.1) is 22.7 Å². The molecule has 2 atom stereocenters. The predicted octanol–water partition coefficient (Wildman–Crippen LogP) is 3.82. The van der Waals surface area contributed by atoms with Gasteiger partial charge in [-0.15, -0.1) is 0 Å². The minimum Gasteiger partial charge on any atom is -0.299 e. The number of rotatable bonds is 0. The summed E-state index contributed by atoms with van der Waals surface area (Å²) in [7, 11) is 0. The molecule has 0 saturated heterocycles. The van der Waals surface area contributed by atoms with Gasteiger partial charge in [-0.2, -0.15) is 0 Å². The standard InChI is InChI=1S/C14H24O/c1-13(2)7-5-6-10-8-12(15)14(3,4)9-11(10)13/h10-11H,5-9H2,1-4H3. The SMILES string of the molecule is CC1(C)CC2C(CCCC2(C)C)CC1=O. The van der Waals surface area contributed by atoms with Crippen molar-refractivity contribution in [3.63, 3.8) is 0 Å². The summed E-state index contributed by atoms with van der Waals surface area (Å²) in [6, 6.07) is 0. The molecule has 0 radical (unpaired) electrons. The predicted molar refractivity (Wildman–Crippen MR) is 62.6 cm³/mol. The van der Waals surface area contributed by atoms with Gasteiger partial charge in [0.25, 0.3) is 0 Å². The molecule has 0 heterocycles. The number of Topliss-reactive ketones (excluding diaryl/α,β-unsaturated/α-hetero) is 1. The minimum absolute atomic E-state index is 0.0597. The molecule has 0 amide bonds. The molecular formula is C14H24O. The van der Waals surface area contributed by atoms with Gasteiger partial charge in [0, 0.05) is 11.8 Å². The molecule has 2 rings (SSSR count). The number of carbonyl (C=O) groups excluding carboxylic acids is 1. The lowest BCUT2D eigenvalue weighted by Gasteiger charge is -2.50. The van der Waals surface area contributed by atoms with Crippen LogP contribution in [0.2, 0.25) is 0 Å². The van der Waals surface area contributed by atoms with E-state index in [9.17, 15) is 4.79 Å². The van der Waals surface area contributed by atoms with Crippen molar-refractivity contribution in [2.24, 2.45) is 22.7 Å². The highest BCUT2D eigenvalue weighted by atomic mass is 16.1. The molecule has 2 aliphatic rings. The second-order valence-corrected chi connectivity index (χ2v) is 6.96. The average Bonchev–Trinajstić information content (AvgIpc) is 2.08. The van der Waals surface area contributed by atoms with Crippen LogP contribution < -0.4 is 0 Å². The van der Waals surface area contributed by atoms with Crippen LogP contribution >= 0.6 is 0 Å². The van der Waals surface area contributed by atoms with E-state index in [-0.39, 0.29) is 5.41 Å². The first-order chi connectivity index (χ1) is 6.83. The Bertz CT molecular complexity index is 275. The molecule has 0 aliphatic heterocycles. The second-order valence-electron chi connectivity index (χ2n) is 6.96. The van der Waals surface area contributed by atoms with Crippen LogP contribution in [0.5, 0.6) is 0 Å². The van der Waals surface area contributed by atoms with Crippen molar-refractivity contribution in [3.05, 3.63) is 0 Å². The molecule has 0 aromatic rings. The van der Waals surface area contributed by atoms with E-state index in [1.807, 2.05) is 0 Å². The van der Waals surface area contributed by atoms with Gasteiger partial charge in [0.15, 0.2) is 0 Å². The zero-order valence-corrected chi connectivity index (χ0v) is 10.6. The fourth-order valence-corrected chi connectivity index (χ4v) is 3.71. The van der Waals surface area contributed by atoms with Gasteiger partial charge in [-0.1, -0.05) is 34.1 Å². The fraction of sp³-hybridized carbons (Fsp3) is 0.929. The molecule has 2 aliphatic carbocycles. The highest BCUT2D eigenvalue weighted by Crippen LogP contribution is 2.53. The highest BCUT2D eigenvalue weighted by molar-refractivity contribution is 5.85. The van der Waals surface area contributed by atoms with Crippen LogP contribution in [0.3, 0.4) is 0 Å². The first-order valence-corrected chi connectivity index (χ1v) is 6.36. The van der Waals surface area contributed by atoms with Crippen LogP contribution in [0.15, 0.2) is 0 Å². The summed E-state index contributed by atoms with van der Waals surface area (Å²) in [5.74, 6) is 1.97. The summed E-state index contributed by atoms with van der Waals surface area (Å²) in [6.07, 6.45) is 5.92. The minimum atomic E-state index is -0.0597. The first kappa shape index (κ1) is 11.2. The molecule has 1 heteroatoms. The van der Waals surface area contributed by atoms with Gasteiger partial charge in [0.1, 0.15) is 5.78 Å². The summed E-state index contributed by atoms with van der Waals surface area (Å²) >= 11 is 0. The van der Waals surface area contributed by atoms with Crippen molar-refractivity contribution >= 4 is 5.78 Å². The van der Waals surface area contributed by atoms with Crippen molar-refractivity contribution in [3.8, 4) is 0 Å². The Morgan fingerprint density at radius 3 is 2.53 bits per heavy atom. The zero-order chi connectivity index (χ0) is 11.3. The quantitative estimate of drug-likeness (QED) is 0.591. The van der Waals surface area contributed by atoms with Crippen molar-refractivity contribution in [2.75, 3.05) is 0 Å². The summed E-state index contributed by atoms with van der Waals surface area (Å²) in [4.78, 5) is 12.0. The Hall–Kier alpha value is -0.330. The van der Waals surface area contributed by atoms with Crippen LogP contribution in [0.25, 0.3) is 0 Å². The van der Waals surface area contributed by atoms with E-state index < -0.39 is 0 Å². The number of carbonyl (C=O) groups is 1. The van der Waals surface area contributed by atoms with Crippen molar-refractivity contribution in [1.82, 2.24) is 0 Å². The van der Waals surface area contributed by atoms with E-state index in [1.54, 1.807) is 0 Å². The van der Waals surface area contributed by atoms with Gasteiger partial charge in [-0.3, -0.25) is 4.79 Å². The van der Waals surface area contributed by atoms with E-state index in [0.717, 1.165) is 18.8 Å². The Morgan fingerprint density at radius 1 is 1.20 bits per heavy atom. The molecule has 15 heavy (non-hydrogen) atoms. The normalized spacial score (nSPS) is 38.5. The van der Waals surface area contributed by atoms with Crippen LogP contribution in [0.4, 0.5) is 0 Å². The van der Waals surface area contributed by atoms with E-state index in [4.69, 9.17) is 0 Å². The molecule has 0 N–H and O–H groups in total. The van der Waals surface area contributed by atoms with Crippen LogP contribution in [0.1, 0.15) is 59.8 Å². The molecule has 2 unspecified atom stereocenters. The number of hydrogen-bond acceptors (Lipinski definition) is 1. The van der Waals surface area contributed by atoms with Gasteiger partial charge >= 0.3 is 0 Å². The molecule has 0 aromatic heterocycles. The monoisotopic (exact) mass is 208 g/mol. The maximum Gasteiger partial charge on any atom is 0.138 e. The van der Waals surface area contributed by atoms with Crippen molar-refractivity contribution < 1.29 is 4.79 Å². The summed E-state index contributed by atoms with van der Waals surface area (Å²) < 4.78 is 0. The Balaban J connectivity index is 2.23. The molecule has 0 spiro atoms. The fourth-order valence-electron chi connectivity index (χ4n) is 3.71. The Labute approximate surface area is 93.6 Å².